The van der Waals surface area contributed by atoms with Crippen LogP contribution in [0.3, 0.4) is 0 Å². The van der Waals surface area contributed by atoms with Crippen LogP contribution < -0.4 is 16.8 Å². The van der Waals surface area contributed by atoms with Crippen molar-refractivity contribution in [1.29, 1.82) is 0 Å². The van der Waals surface area contributed by atoms with Gasteiger partial charge in [-0.05, 0) is 37.1 Å². The Morgan fingerprint density at radius 3 is 2.76 bits per heavy atom. The number of hydrogen-bond acceptors (Lipinski definition) is 7. The number of primary amides is 1. The smallest absolute Gasteiger partial charge is 0.267 e. The number of aryl methyl sites for hydroxylation is 1. The van der Waals surface area contributed by atoms with Crippen molar-refractivity contribution in [2.45, 2.75) is 13.3 Å². The van der Waals surface area contributed by atoms with Crippen LogP contribution in [-0.4, -0.2) is 36.8 Å². The SMILES string of the molecule is Cc1nc(N)cc(-c2c(NCCc3ccc(C(N)=O)nc3)nc3ccccn23)n1. The Kier molecular flexibility index (Phi) is 4.78. The van der Waals surface area contributed by atoms with E-state index in [4.69, 9.17) is 16.5 Å². The van der Waals surface area contributed by atoms with E-state index in [1.165, 1.54) is 0 Å². The second-order valence-corrected chi connectivity index (χ2v) is 6.56. The van der Waals surface area contributed by atoms with Crippen LogP contribution in [0.5, 0.6) is 0 Å². The third-order valence-corrected chi connectivity index (χ3v) is 4.41. The predicted octanol–water partition coefficient (Wildman–Crippen LogP) is 1.83. The Morgan fingerprint density at radius 2 is 2.03 bits per heavy atom. The summed E-state index contributed by atoms with van der Waals surface area (Å²) in [6.07, 6.45) is 4.29. The Bertz CT molecular complexity index is 1160. The summed E-state index contributed by atoms with van der Waals surface area (Å²) in [6, 6.07) is 11.0. The van der Waals surface area contributed by atoms with Gasteiger partial charge in [-0.1, -0.05) is 12.1 Å². The molecule has 0 aromatic carbocycles. The molecule has 9 nitrogen and oxygen atoms in total. The molecule has 0 bridgehead atoms. The van der Waals surface area contributed by atoms with Crippen molar-refractivity contribution in [3.8, 4) is 11.4 Å². The number of nitrogens with one attached hydrogen (secondary N) is 1. The molecule has 5 N–H and O–H groups in total. The van der Waals surface area contributed by atoms with E-state index >= 15 is 0 Å². The number of pyridine rings is 2. The number of fused-ring (bicyclic) bond motifs is 1. The quantitative estimate of drug-likeness (QED) is 0.458. The summed E-state index contributed by atoms with van der Waals surface area (Å²) in [4.78, 5) is 28.6. The highest BCUT2D eigenvalue weighted by molar-refractivity contribution is 5.90. The first-order valence-electron chi connectivity index (χ1n) is 9.08. The molecule has 4 rings (SSSR count). The number of amides is 1. The Balaban J connectivity index is 1.61. The summed E-state index contributed by atoms with van der Waals surface area (Å²) in [5, 5.41) is 3.37. The Hall–Kier alpha value is -4.01. The lowest BCUT2D eigenvalue weighted by molar-refractivity contribution is 0.0995. The molecule has 0 fully saturated rings. The van der Waals surface area contributed by atoms with Gasteiger partial charge in [0.15, 0.2) is 5.82 Å². The van der Waals surface area contributed by atoms with Crippen LogP contribution in [0.1, 0.15) is 21.9 Å². The molecule has 0 atom stereocenters. The number of imidazole rings is 1. The van der Waals surface area contributed by atoms with Gasteiger partial charge in [0.1, 0.15) is 28.7 Å². The van der Waals surface area contributed by atoms with E-state index in [1.807, 2.05) is 34.9 Å². The van der Waals surface area contributed by atoms with Crippen LogP contribution in [0, 0.1) is 6.92 Å². The van der Waals surface area contributed by atoms with Crippen molar-refractivity contribution in [1.82, 2.24) is 24.3 Å². The van der Waals surface area contributed by atoms with E-state index in [0.717, 1.165) is 16.9 Å². The lowest BCUT2D eigenvalue weighted by Crippen LogP contribution is -2.13. The number of nitrogens with two attached hydrogens (primary N) is 2. The summed E-state index contributed by atoms with van der Waals surface area (Å²) < 4.78 is 1.97. The maximum Gasteiger partial charge on any atom is 0.267 e. The van der Waals surface area contributed by atoms with Gasteiger partial charge in [-0.3, -0.25) is 14.2 Å². The maximum atomic E-state index is 11.1. The van der Waals surface area contributed by atoms with Gasteiger partial charge in [0.05, 0.1) is 5.69 Å². The predicted molar refractivity (Wildman–Crippen MR) is 110 cm³/mol. The summed E-state index contributed by atoms with van der Waals surface area (Å²) >= 11 is 0. The van der Waals surface area contributed by atoms with Crippen LogP contribution >= 0.6 is 0 Å². The normalized spacial score (nSPS) is 10.9. The summed E-state index contributed by atoms with van der Waals surface area (Å²) in [5.41, 5.74) is 14.7. The summed E-state index contributed by atoms with van der Waals surface area (Å²) in [6.45, 7) is 2.42. The molecule has 4 aromatic rings. The van der Waals surface area contributed by atoms with E-state index in [9.17, 15) is 4.79 Å². The zero-order valence-electron chi connectivity index (χ0n) is 15.8. The molecule has 4 heterocycles. The first-order chi connectivity index (χ1) is 14.0. The number of carbonyl (C=O) groups is 1. The number of aromatic nitrogens is 5. The van der Waals surface area contributed by atoms with Crippen LogP contribution in [0.15, 0.2) is 48.8 Å². The number of rotatable bonds is 6. The summed E-state index contributed by atoms with van der Waals surface area (Å²) in [7, 11) is 0. The molecule has 0 unspecified atom stereocenters. The van der Waals surface area contributed by atoms with Gasteiger partial charge in [-0.15, -0.1) is 0 Å². The van der Waals surface area contributed by atoms with E-state index in [-0.39, 0.29) is 5.69 Å². The van der Waals surface area contributed by atoms with E-state index in [0.29, 0.717) is 36.1 Å². The van der Waals surface area contributed by atoms with Crippen molar-refractivity contribution < 1.29 is 4.79 Å². The minimum absolute atomic E-state index is 0.251. The fourth-order valence-corrected chi connectivity index (χ4v) is 3.12. The molecule has 29 heavy (non-hydrogen) atoms. The van der Waals surface area contributed by atoms with Gasteiger partial charge in [0, 0.05) is 25.0 Å². The average Bonchev–Trinajstić information content (AvgIpc) is 3.06. The van der Waals surface area contributed by atoms with Gasteiger partial charge in [0.2, 0.25) is 0 Å². The lowest BCUT2D eigenvalue weighted by atomic mass is 10.2. The molecule has 0 aliphatic carbocycles. The van der Waals surface area contributed by atoms with Crippen molar-refractivity contribution >= 4 is 23.2 Å². The van der Waals surface area contributed by atoms with E-state index in [1.54, 1.807) is 25.3 Å². The molecule has 0 spiro atoms. The Labute approximate surface area is 166 Å². The van der Waals surface area contributed by atoms with Gasteiger partial charge in [-0.2, -0.15) is 0 Å². The number of hydrogen-bond donors (Lipinski definition) is 3. The maximum absolute atomic E-state index is 11.1. The van der Waals surface area contributed by atoms with Crippen LogP contribution in [-0.2, 0) is 6.42 Å². The second-order valence-electron chi connectivity index (χ2n) is 6.56. The highest BCUT2D eigenvalue weighted by Crippen LogP contribution is 2.28. The van der Waals surface area contributed by atoms with E-state index < -0.39 is 5.91 Å². The zero-order valence-corrected chi connectivity index (χ0v) is 15.8. The average molecular weight is 388 g/mol. The van der Waals surface area contributed by atoms with Crippen molar-refractivity contribution in [3.63, 3.8) is 0 Å². The molecule has 0 saturated carbocycles. The monoisotopic (exact) mass is 388 g/mol. The minimum Gasteiger partial charge on any atom is -0.384 e. The van der Waals surface area contributed by atoms with Crippen molar-refractivity contribution in [2.75, 3.05) is 17.6 Å². The van der Waals surface area contributed by atoms with E-state index in [2.05, 4.69) is 20.3 Å². The van der Waals surface area contributed by atoms with Crippen LogP contribution in [0.4, 0.5) is 11.6 Å². The first kappa shape index (κ1) is 18.4. The molecule has 0 aliphatic rings. The molecule has 0 radical (unpaired) electrons. The Morgan fingerprint density at radius 1 is 1.17 bits per heavy atom. The first-order valence-corrected chi connectivity index (χ1v) is 9.08. The zero-order chi connectivity index (χ0) is 20.4. The van der Waals surface area contributed by atoms with Gasteiger partial charge in [-0.25, -0.2) is 15.0 Å². The second kappa shape index (κ2) is 7.55. The van der Waals surface area contributed by atoms with Crippen molar-refractivity contribution in [2.24, 2.45) is 5.73 Å². The van der Waals surface area contributed by atoms with Crippen LogP contribution in [0.2, 0.25) is 0 Å². The molecule has 4 aromatic heterocycles. The third-order valence-electron chi connectivity index (χ3n) is 4.41. The summed E-state index contributed by atoms with van der Waals surface area (Å²) in [5.74, 6) is 1.17. The number of nitrogen functional groups attached to an aromatic ring is 1. The highest BCUT2D eigenvalue weighted by Gasteiger charge is 2.16. The topological polar surface area (TPSA) is 137 Å². The molecule has 0 saturated heterocycles. The van der Waals surface area contributed by atoms with Crippen LogP contribution in [0.25, 0.3) is 17.0 Å². The fourth-order valence-electron chi connectivity index (χ4n) is 3.12. The third kappa shape index (κ3) is 3.84. The number of anilines is 2. The molecular weight excluding hydrogens is 368 g/mol. The standard InChI is InChI=1S/C20H20N8O/c1-12-25-15(10-16(21)26-12)18-20(27-17-4-2-3-9-28(17)18)23-8-7-13-5-6-14(19(22)29)24-11-13/h2-6,9-11,23H,7-8H2,1H3,(H2,22,29)(H2,21,25,26). The van der Waals surface area contributed by atoms with Gasteiger partial charge < -0.3 is 16.8 Å². The molecule has 146 valence electrons. The molecule has 0 aliphatic heterocycles. The molecular formula is C20H20N8O. The molecule has 1 amide bonds. The fraction of sp³-hybridized carbons (Fsp3) is 0.150. The minimum atomic E-state index is -0.538. The number of carbonyl (C=O) groups excluding carboxylic acids is 1. The lowest BCUT2D eigenvalue weighted by Gasteiger charge is -2.08. The highest BCUT2D eigenvalue weighted by atomic mass is 16.1. The van der Waals surface area contributed by atoms with Crippen molar-refractivity contribution in [3.05, 3.63) is 65.9 Å². The largest absolute Gasteiger partial charge is 0.384 e. The number of nitrogens with zero attached hydrogens (tertiary/aromatic N) is 5. The van der Waals surface area contributed by atoms with Gasteiger partial charge in [0.25, 0.3) is 5.91 Å². The van der Waals surface area contributed by atoms with Gasteiger partial charge >= 0.3 is 0 Å². The molecule has 9 heteroatoms.